The van der Waals surface area contributed by atoms with Crippen LogP contribution < -0.4 is 10.6 Å². The van der Waals surface area contributed by atoms with Crippen molar-refractivity contribution < 1.29 is 48.0 Å². The first-order valence-corrected chi connectivity index (χ1v) is 9.74. The Morgan fingerprint density at radius 3 is 1.69 bits per heavy atom. The van der Waals surface area contributed by atoms with E-state index in [9.17, 15) is 29.1 Å². The van der Waals surface area contributed by atoms with Crippen molar-refractivity contribution in [2.24, 2.45) is 0 Å². The Labute approximate surface area is 185 Å². The first-order valence-electron chi connectivity index (χ1n) is 9.74. The molecule has 180 valence electrons. The van der Waals surface area contributed by atoms with Gasteiger partial charge in [0.15, 0.2) is 0 Å². The minimum atomic E-state index is -1.56. The molecular formula is C20H30N2O10. The van der Waals surface area contributed by atoms with Crippen LogP contribution in [0.25, 0.3) is 0 Å². The molecule has 0 aromatic carbocycles. The molecule has 0 aromatic rings. The van der Waals surface area contributed by atoms with E-state index < -0.39 is 36.0 Å². The van der Waals surface area contributed by atoms with Gasteiger partial charge in [-0.05, 0) is 33.2 Å². The number of carbonyl (C=O) groups is 5. The number of hydrogen-bond acceptors (Lipinski definition) is 11. The number of unbranched alkanes of at least 4 members (excludes halogenated alkanes) is 1. The van der Waals surface area contributed by atoms with Crippen LogP contribution in [-0.4, -0.2) is 80.6 Å². The zero-order valence-electron chi connectivity index (χ0n) is 18.3. The van der Waals surface area contributed by atoms with Crippen LogP contribution in [0.1, 0.15) is 26.7 Å². The fraction of sp³-hybridized carbons (Fsp3) is 0.550. The lowest BCUT2D eigenvalue weighted by Gasteiger charge is -2.12. The van der Waals surface area contributed by atoms with Crippen LogP contribution in [-0.2, 0) is 42.9 Å². The van der Waals surface area contributed by atoms with Gasteiger partial charge in [-0.2, -0.15) is 0 Å². The second-order valence-electron chi connectivity index (χ2n) is 6.46. The molecule has 3 N–H and O–H groups in total. The first-order chi connectivity index (χ1) is 15.1. The predicted octanol–water partition coefficient (Wildman–Crippen LogP) is -0.884. The SMILES string of the molecule is C=C(C)C(=O)OCCOC(=O)C(=O)NCCCCNC(O)C(=O)OCCOC(=O)C(=C)C. The Morgan fingerprint density at radius 2 is 1.19 bits per heavy atom. The van der Waals surface area contributed by atoms with Crippen molar-refractivity contribution >= 4 is 29.8 Å². The highest BCUT2D eigenvalue weighted by Gasteiger charge is 2.17. The zero-order valence-corrected chi connectivity index (χ0v) is 18.3. The summed E-state index contributed by atoms with van der Waals surface area (Å²) in [6.45, 7) is 9.30. The molecule has 0 heterocycles. The van der Waals surface area contributed by atoms with Crippen LogP contribution in [0.4, 0.5) is 0 Å². The van der Waals surface area contributed by atoms with Crippen LogP contribution in [0.2, 0.25) is 0 Å². The van der Waals surface area contributed by atoms with E-state index in [1.54, 1.807) is 0 Å². The van der Waals surface area contributed by atoms with E-state index in [-0.39, 0.29) is 50.7 Å². The Bertz CT molecular complexity index is 704. The molecule has 0 spiro atoms. The quantitative estimate of drug-likeness (QED) is 0.0696. The molecule has 0 saturated carbocycles. The Hall–Kier alpha value is -3.25. The van der Waals surface area contributed by atoms with E-state index in [1.807, 2.05) is 0 Å². The van der Waals surface area contributed by atoms with Gasteiger partial charge in [-0.15, -0.1) is 0 Å². The molecule has 1 unspecified atom stereocenters. The average Bonchev–Trinajstić information content (AvgIpc) is 2.75. The molecule has 12 nitrogen and oxygen atoms in total. The van der Waals surface area contributed by atoms with E-state index in [0.29, 0.717) is 12.8 Å². The Kier molecular flexibility index (Phi) is 14.8. The highest BCUT2D eigenvalue weighted by molar-refractivity contribution is 6.32. The van der Waals surface area contributed by atoms with Gasteiger partial charge in [0.1, 0.15) is 26.4 Å². The molecule has 0 aromatic heterocycles. The number of rotatable bonds is 15. The molecule has 0 bridgehead atoms. The van der Waals surface area contributed by atoms with Gasteiger partial charge in [-0.3, -0.25) is 10.1 Å². The molecule has 0 fully saturated rings. The zero-order chi connectivity index (χ0) is 24.5. The summed E-state index contributed by atoms with van der Waals surface area (Å²) >= 11 is 0. The standard InChI is InChI=1S/C20H30N2O10/c1-13(2)17(25)29-9-11-31-19(27)15(23)21-7-5-6-8-22-16(24)20(28)32-12-10-30-18(26)14(3)4/h15,21,23H,1,3,5-12H2,2,4H3,(H,22,24). The second kappa shape index (κ2) is 16.4. The molecule has 0 aliphatic heterocycles. The summed E-state index contributed by atoms with van der Waals surface area (Å²) in [5, 5.41) is 14.5. The molecular weight excluding hydrogens is 428 g/mol. The normalized spacial score (nSPS) is 11.0. The van der Waals surface area contributed by atoms with Crippen molar-refractivity contribution in [2.75, 3.05) is 39.5 Å². The molecule has 0 aliphatic rings. The molecule has 0 rings (SSSR count). The first kappa shape index (κ1) is 28.8. The van der Waals surface area contributed by atoms with Gasteiger partial charge < -0.3 is 29.4 Å². The summed E-state index contributed by atoms with van der Waals surface area (Å²) in [4.78, 5) is 56.8. The van der Waals surface area contributed by atoms with Crippen LogP contribution in [0.5, 0.6) is 0 Å². The van der Waals surface area contributed by atoms with Crippen molar-refractivity contribution in [3.05, 3.63) is 24.3 Å². The van der Waals surface area contributed by atoms with Gasteiger partial charge in [0.25, 0.3) is 0 Å². The molecule has 32 heavy (non-hydrogen) atoms. The number of ether oxygens (including phenoxy) is 4. The van der Waals surface area contributed by atoms with Crippen molar-refractivity contribution in [1.29, 1.82) is 0 Å². The van der Waals surface area contributed by atoms with Gasteiger partial charge >= 0.3 is 29.8 Å². The summed E-state index contributed by atoms with van der Waals surface area (Å²) < 4.78 is 18.8. The number of esters is 4. The summed E-state index contributed by atoms with van der Waals surface area (Å²) in [7, 11) is 0. The van der Waals surface area contributed by atoms with Crippen molar-refractivity contribution in [3.8, 4) is 0 Å². The largest absolute Gasteiger partial charge is 0.459 e. The lowest BCUT2D eigenvalue weighted by molar-refractivity contribution is -0.159. The van der Waals surface area contributed by atoms with Crippen LogP contribution in [0, 0.1) is 0 Å². The lowest BCUT2D eigenvalue weighted by atomic mass is 10.3. The minimum absolute atomic E-state index is 0.161. The maximum Gasteiger partial charge on any atom is 0.396 e. The smallest absolute Gasteiger partial charge is 0.396 e. The number of amides is 1. The monoisotopic (exact) mass is 458 g/mol. The second-order valence-corrected chi connectivity index (χ2v) is 6.46. The van der Waals surface area contributed by atoms with Gasteiger partial charge in [0.05, 0.1) is 0 Å². The highest BCUT2D eigenvalue weighted by Crippen LogP contribution is 1.94. The van der Waals surface area contributed by atoms with Gasteiger partial charge in [0.2, 0.25) is 6.23 Å². The third-order valence-corrected chi connectivity index (χ3v) is 3.44. The minimum Gasteiger partial charge on any atom is -0.459 e. The topological polar surface area (TPSA) is 167 Å². The molecule has 0 aliphatic carbocycles. The predicted molar refractivity (Wildman–Crippen MR) is 110 cm³/mol. The summed E-state index contributed by atoms with van der Waals surface area (Å²) in [5.74, 6) is -4.21. The van der Waals surface area contributed by atoms with Crippen molar-refractivity contribution in [3.63, 3.8) is 0 Å². The number of nitrogens with one attached hydrogen (secondary N) is 2. The summed E-state index contributed by atoms with van der Waals surface area (Å²) in [5.41, 5.74) is 0.419. The highest BCUT2D eigenvalue weighted by atomic mass is 16.6. The molecule has 0 radical (unpaired) electrons. The number of hydrogen-bond donors (Lipinski definition) is 3. The van der Waals surface area contributed by atoms with E-state index in [4.69, 9.17) is 14.2 Å². The third-order valence-electron chi connectivity index (χ3n) is 3.44. The number of aliphatic hydroxyl groups excluding tert-OH is 1. The maximum absolute atomic E-state index is 11.6. The lowest BCUT2D eigenvalue weighted by Crippen LogP contribution is -2.39. The third kappa shape index (κ3) is 13.9. The molecule has 0 saturated heterocycles. The van der Waals surface area contributed by atoms with Gasteiger partial charge in [-0.1, -0.05) is 13.2 Å². The Balaban J connectivity index is 3.76. The summed E-state index contributed by atoms with van der Waals surface area (Å²) in [6.07, 6.45) is -0.649. The number of carbonyl (C=O) groups excluding carboxylic acids is 5. The fourth-order valence-corrected chi connectivity index (χ4v) is 1.78. The molecule has 12 heteroatoms. The van der Waals surface area contributed by atoms with E-state index in [2.05, 4.69) is 28.5 Å². The fourth-order valence-electron chi connectivity index (χ4n) is 1.78. The Morgan fingerprint density at radius 1 is 0.750 bits per heavy atom. The van der Waals surface area contributed by atoms with Gasteiger partial charge in [-0.25, -0.2) is 19.2 Å². The summed E-state index contributed by atoms with van der Waals surface area (Å²) in [6, 6.07) is 0. The maximum atomic E-state index is 11.6. The van der Waals surface area contributed by atoms with Crippen LogP contribution in [0.15, 0.2) is 24.3 Å². The van der Waals surface area contributed by atoms with Crippen molar-refractivity contribution in [2.45, 2.75) is 32.9 Å². The number of aliphatic hydroxyl groups is 1. The molecule has 1 amide bonds. The average molecular weight is 458 g/mol. The van der Waals surface area contributed by atoms with Gasteiger partial charge in [0, 0.05) is 17.7 Å². The van der Waals surface area contributed by atoms with E-state index >= 15 is 0 Å². The molecule has 1 atom stereocenters. The van der Waals surface area contributed by atoms with Crippen molar-refractivity contribution in [1.82, 2.24) is 10.6 Å². The van der Waals surface area contributed by atoms with Crippen LogP contribution >= 0.6 is 0 Å². The van der Waals surface area contributed by atoms with E-state index in [1.165, 1.54) is 13.8 Å². The van der Waals surface area contributed by atoms with Crippen LogP contribution in [0.3, 0.4) is 0 Å². The van der Waals surface area contributed by atoms with E-state index in [0.717, 1.165) is 0 Å².